The molecule has 0 bridgehead atoms. The molecule has 0 aliphatic rings. The first kappa shape index (κ1) is 19.8. The normalized spacial score (nSPS) is 11.6. The topological polar surface area (TPSA) is 44.5 Å². The number of aromatic nitrogens is 1. The van der Waals surface area contributed by atoms with Gasteiger partial charge >= 0.3 is 6.18 Å². The number of fused-ring (bicyclic) bond motifs is 1. The van der Waals surface area contributed by atoms with Crippen LogP contribution in [0.3, 0.4) is 0 Å². The SMILES string of the molecule is CCOc1c(OC)cccc1-c1nc2ccc(-c3ccc(C(F)(F)F)cc3)cc2o1. The van der Waals surface area contributed by atoms with Gasteiger partial charge in [-0.1, -0.05) is 24.3 Å². The van der Waals surface area contributed by atoms with Crippen molar-refractivity contribution >= 4 is 11.1 Å². The number of nitrogens with zero attached hydrogens (tertiary/aromatic N) is 1. The molecule has 7 heteroatoms. The number of hydrogen-bond donors (Lipinski definition) is 0. The van der Waals surface area contributed by atoms with Gasteiger partial charge in [-0.05, 0) is 54.4 Å². The molecule has 0 N–H and O–H groups in total. The number of halogens is 3. The van der Waals surface area contributed by atoms with Crippen LogP contribution in [0.15, 0.2) is 65.1 Å². The smallest absolute Gasteiger partial charge is 0.416 e. The molecule has 1 heterocycles. The fraction of sp³-hybridized carbons (Fsp3) is 0.174. The van der Waals surface area contributed by atoms with Crippen LogP contribution >= 0.6 is 0 Å². The molecule has 1 aromatic heterocycles. The lowest BCUT2D eigenvalue weighted by Crippen LogP contribution is -2.03. The summed E-state index contributed by atoms with van der Waals surface area (Å²) in [5.74, 6) is 1.48. The second kappa shape index (κ2) is 7.74. The Morgan fingerprint density at radius 2 is 1.70 bits per heavy atom. The molecule has 4 nitrogen and oxygen atoms in total. The summed E-state index contributed by atoms with van der Waals surface area (Å²) < 4.78 is 55.4. The highest BCUT2D eigenvalue weighted by Crippen LogP contribution is 2.39. The van der Waals surface area contributed by atoms with Crippen molar-refractivity contribution in [1.82, 2.24) is 4.98 Å². The summed E-state index contributed by atoms with van der Waals surface area (Å²) in [6.07, 6.45) is -4.36. The van der Waals surface area contributed by atoms with E-state index in [1.54, 1.807) is 31.4 Å². The summed E-state index contributed by atoms with van der Waals surface area (Å²) in [6, 6.07) is 15.8. The van der Waals surface area contributed by atoms with Crippen LogP contribution in [0.4, 0.5) is 13.2 Å². The van der Waals surface area contributed by atoms with Crippen molar-refractivity contribution in [2.24, 2.45) is 0 Å². The summed E-state index contributed by atoms with van der Waals surface area (Å²) in [5, 5.41) is 0. The molecule has 0 aliphatic heterocycles. The van der Waals surface area contributed by atoms with E-state index in [0.29, 0.717) is 46.2 Å². The molecule has 0 aliphatic carbocycles. The first-order valence-electron chi connectivity index (χ1n) is 9.29. The Kier molecular flexibility index (Phi) is 5.11. The van der Waals surface area contributed by atoms with E-state index in [9.17, 15) is 13.2 Å². The Morgan fingerprint density at radius 3 is 2.37 bits per heavy atom. The monoisotopic (exact) mass is 413 g/mol. The molecule has 4 rings (SSSR count). The van der Waals surface area contributed by atoms with Crippen molar-refractivity contribution in [3.8, 4) is 34.1 Å². The fourth-order valence-electron chi connectivity index (χ4n) is 3.21. The number of ether oxygens (including phenoxy) is 2. The molecule has 0 fully saturated rings. The quantitative estimate of drug-likeness (QED) is 0.370. The Bertz CT molecular complexity index is 1180. The van der Waals surface area contributed by atoms with Crippen LogP contribution in [-0.2, 0) is 6.18 Å². The van der Waals surface area contributed by atoms with Crippen molar-refractivity contribution in [3.05, 3.63) is 66.2 Å². The molecule has 0 saturated carbocycles. The minimum absolute atomic E-state index is 0.372. The van der Waals surface area contributed by atoms with E-state index in [1.165, 1.54) is 12.1 Å². The molecule has 30 heavy (non-hydrogen) atoms. The van der Waals surface area contributed by atoms with Crippen LogP contribution in [0.1, 0.15) is 12.5 Å². The van der Waals surface area contributed by atoms with Gasteiger partial charge in [0.15, 0.2) is 17.1 Å². The lowest BCUT2D eigenvalue weighted by molar-refractivity contribution is -0.137. The number of hydrogen-bond acceptors (Lipinski definition) is 4. The molecular weight excluding hydrogens is 395 g/mol. The maximum absolute atomic E-state index is 12.8. The average molecular weight is 413 g/mol. The number of para-hydroxylation sites is 1. The number of methoxy groups -OCH3 is 1. The zero-order valence-corrected chi connectivity index (χ0v) is 16.3. The van der Waals surface area contributed by atoms with Crippen molar-refractivity contribution in [2.45, 2.75) is 13.1 Å². The van der Waals surface area contributed by atoms with Gasteiger partial charge in [-0.15, -0.1) is 0 Å². The molecule has 3 aromatic carbocycles. The maximum Gasteiger partial charge on any atom is 0.416 e. The molecule has 0 unspecified atom stereocenters. The summed E-state index contributed by atoms with van der Waals surface area (Å²) >= 11 is 0. The van der Waals surface area contributed by atoms with E-state index >= 15 is 0 Å². The Labute approximate surface area is 170 Å². The zero-order chi connectivity index (χ0) is 21.3. The molecule has 0 spiro atoms. The van der Waals surface area contributed by atoms with Gasteiger partial charge in [0.2, 0.25) is 5.89 Å². The number of rotatable bonds is 5. The van der Waals surface area contributed by atoms with Crippen LogP contribution in [0.5, 0.6) is 11.5 Å². The van der Waals surface area contributed by atoms with Gasteiger partial charge in [-0.2, -0.15) is 13.2 Å². The first-order valence-corrected chi connectivity index (χ1v) is 9.29. The van der Waals surface area contributed by atoms with Crippen LogP contribution in [-0.4, -0.2) is 18.7 Å². The summed E-state index contributed by atoms with van der Waals surface area (Å²) in [7, 11) is 1.56. The van der Waals surface area contributed by atoms with Crippen LogP contribution in [0, 0.1) is 0 Å². The minimum atomic E-state index is -4.36. The Morgan fingerprint density at radius 1 is 0.967 bits per heavy atom. The van der Waals surface area contributed by atoms with Crippen molar-refractivity contribution in [2.75, 3.05) is 13.7 Å². The fourth-order valence-corrected chi connectivity index (χ4v) is 3.21. The number of oxazole rings is 1. The molecule has 0 amide bonds. The second-order valence-electron chi connectivity index (χ2n) is 6.55. The predicted octanol–water partition coefficient (Wildman–Crippen LogP) is 6.59. The van der Waals surface area contributed by atoms with E-state index in [1.807, 2.05) is 19.1 Å². The highest BCUT2D eigenvalue weighted by molar-refractivity contribution is 5.83. The largest absolute Gasteiger partial charge is 0.493 e. The maximum atomic E-state index is 12.8. The van der Waals surface area contributed by atoms with Gasteiger partial charge in [0.25, 0.3) is 0 Å². The van der Waals surface area contributed by atoms with Crippen molar-refractivity contribution < 1.29 is 27.1 Å². The van der Waals surface area contributed by atoms with Gasteiger partial charge in [-0.3, -0.25) is 0 Å². The van der Waals surface area contributed by atoms with Crippen LogP contribution in [0.2, 0.25) is 0 Å². The average Bonchev–Trinajstić information content (AvgIpc) is 3.16. The summed E-state index contributed by atoms with van der Waals surface area (Å²) in [5.41, 5.74) is 2.51. The van der Waals surface area contributed by atoms with Crippen LogP contribution < -0.4 is 9.47 Å². The lowest BCUT2D eigenvalue weighted by atomic mass is 10.0. The van der Waals surface area contributed by atoms with Gasteiger partial charge in [0.1, 0.15) is 5.52 Å². The first-order chi connectivity index (χ1) is 14.4. The number of benzene rings is 3. The van der Waals surface area contributed by atoms with Gasteiger partial charge in [0, 0.05) is 0 Å². The Hall–Kier alpha value is -3.48. The van der Waals surface area contributed by atoms with Crippen molar-refractivity contribution in [1.29, 1.82) is 0 Å². The van der Waals surface area contributed by atoms with E-state index in [-0.39, 0.29) is 0 Å². The third-order valence-corrected chi connectivity index (χ3v) is 4.65. The third kappa shape index (κ3) is 3.70. The number of alkyl halides is 3. The lowest BCUT2D eigenvalue weighted by Gasteiger charge is -2.11. The van der Waals surface area contributed by atoms with Gasteiger partial charge in [-0.25, -0.2) is 4.98 Å². The third-order valence-electron chi connectivity index (χ3n) is 4.65. The molecular formula is C23H18F3NO3. The zero-order valence-electron chi connectivity index (χ0n) is 16.3. The predicted molar refractivity (Wildman–Crippen MR) is 108 cm³/mol. The molecule has 154 valence electrons. The summed E-state index contributed by atoms with van der Waals surface area (Å²) in [4.78, 5) is 4.53. The molecule has 0 radical (unpaired) electrons. The highest BCUT2D eigenvalue weighted by Gasteiger charge is 2.30. The standard InChI is InChI=1S/C23H18F3NO3/c1-3-29-21-17(5-4-6-19(21)28-2)22-27-18-12-9-15(13-20(18)30-22)14-7-10-16(11-8-14)23(24,25)26/h4-13H,3H2,1-2H3. The van der Waals surface area contributed by atoms with E-state index in [2.05, 4.69) is 4.98 Å². The highest BCUT2D eigenvalue weighted by atomic mass is 19.4. The van der Waals surface area contributed by atoms with E-state index in [0.717, 1.165) is 17.7 Å². The Balaban J connectivity index is 1.74. The van der Waals surface area contributed by atoms with E-state index < -0.39 is 11.7 Å². The van der Waals surface area contributed by atoms with Gasteiger partial charge in [0.05, 0.1) is 24.8 Å². The second-order valence-corrected chi connectivity index (χ2v) is 6.55. The van der Waals surface area contributed by atoms with Gasteiger partial charge < -0.3 is 13.9 Å². The molecule has 4 aromatic rings. The molecule has 0 atom stereocenters. The molecule has 0 saturated heterocycles. The summed E-state index contributed by atoms with van der Waals surface area (Å²) in [6.45, 7) is 2.32. The van der Waals surface area contributed by atoms with Crippen molar-refractivity contribution in [3.63, 3.8) is 0 Å². The van der Waals surface area contributed by atoms with E-state index in [4.69, 9.17) is 13.9 Å². The van der Waals surface area contributed by atoms with Crippen LogP contribution in [0.25, 0.3) is 33.7 Å². The minimum Gasteiger partial charge on any atom is -0.493 e.